The molecule has 0 bridgehead atoms. The van der Waals surface area contributed by atoms with E-state index >= 15 is 0 Å². The van der Waals surface area contributed by atoms with Gasteiger partial charge >= 0.3 is 0 Å². The van der Waals surface area contributed by atoms with Crippen LogP contribution in [0.1, 0.15) is 31.7 Å². The van der Waals surface area contributed by atoms with Crippen LogP contribution in [-0.4, -0.2) is 16.1 Å². The summed E-state index contributed by atoms with van der Waals surface area (Å²) in [7, 11) is 0. The third-order valence-electron chi connectivity index (χ3n) is 3.40. The van der Waals surface area contributed by atoms with E-state index in [0.29, 0.717) is 0 Å². The molecule has 2 rings (SSSR count). The molecule has 1 aromatic rings. The van der Waals surface area contributed by atoms with E-state index < -0.39 is 10.3 Å². The van der Waals surface area contributed by atoms with Gasteiger partial charge in [0, 0.05) is 24.0 Å². The number of hydrogen-bond acceptors (Lipinski definition) is 5. The van der Waals surface area contributed by atoms with Crippen molar-refractivity contribution >= 4 is 6.21 Å². The third-order valence-corrected chi connectivity index (χ3v) is 3.40. The summed E-state index contributed by atoms with van der Waals surface area (Å²) in [5.74, 6) is 0.00536. The molecule has 0 fully saturated rings. The van der Waals surface area contributed by atoms with Crippen molar-refractivity contribution in [3.8, 4) is 0 Å². The fourth-order valence-corrected chi connectivity index (χ4v) is 2.46. The van der Waals surface area contributed by atoms with Crippen molar-refractivity contribution in [2.45, 2.75) is 31.6 Å². The lowest BCUT2D eigenvalue weighted by atomic mass is 9.73. The van der Waals surface area contributed by atoms with E-state index in [2.05, 4.69) is 9.98 Å². The van der Waals surface area contributed by atoms with Crippen LogP contribution >= 0.6 is 0 Å². The molecule has 19 heavy (non-hydrogen) atoms. The number of hydrogen-bond donors (Lipinski definition) is 1. The molecule has 0 saturated carbocycles. The van der Waals surface area contributed by atoms with Crippen molar-refractivity contribution in [3.05, 3.63) is 51.7 Å². The minimum absolute atomic E-state index is 0.00536. The second-order valence-corrected chi connectivity index (χ2v) is 4.67. The lowest BCUT2D eigenvalue weighted by Crippen LogP contribution is -2.34. The summed E-state index contributed by atoms with van der Waals surface area (Å²) in [6.45, 7) is 2.05. The SMILES string of the molecule is CCCC1(c2ccncc2)C=NC(N)=C([N+](=O)[O-])C1. The zero-order valence-corrected chi connectivity index (χ0v) is 10.7. The van der Waals surface area contributed by atoms with Crippen molar-refractivity contribution < 1.29 is 4.92 Å². The summed E-state index contributed by atoms with van der Waals surface area (Å²) in [5, 5.41) is 11.1. The molecule has 0 spiro atoms. The summed E-state index contributed by atoms with van der Waals surface area (Å²) in [5.41, 5.74) is 6.13. The van der Waals surface area contributed by atoms with E-state index in [9.17, 15) is 10.1 Å². The lowest BCUT2D eigenvalue weighted by molar-refractivity contribution is -0.430. The first-order valence-corrected chi connectivity index (χ1v) is 6.18. The highest BCUT2D eigenvalue weighted by atomic mass is 16.6. The van der Waals surface area contributed by atoms with Crippen LogP contribution in [0, 0.1) is 10.1 Å². The van der Waals surface area contributed by atoms with E-state index in [1.165, 1.54) is 0 Å². The fraction of sp³-hybridized carbons (Fsp3) is 0.385. The Kier molecular flexibility index (Phi) is 3.59. The molecule has 6 heteroatoms. The maximum absolute atomic E-state index is 11.1. The molecule has 100 valence electrons. The molecular formula is C13H16N4O2. The topological polar surface area (TPSA) is 94.4 Å². The zero-order valence-electron chi connectivity index (χ0n) is 10.7. The molecule has 2 N–H and O–H groups in total. The van der Waals surface area contributed by atoms with Gasteiger partial charge in [-0.15, -0.1) is 0 Å². The summed E-state index contributed by atoms with van der Waals surface area (Å²) < 4.78 is 0. The van der Waals surface area contributed by atoms with Gasteiger partial charge < -0.3 is 5.73 Å². The standard InChI is InChI=1S/C13H16N4O2/c1-2-5-13(10-3-6-15-7-4-10)8-11(17(18)19)12(14)16-9-13/h3-4,6-7,9H,2,5,8,14H2,1H3. The number of pyridine rings is 1. The van der Waals surface area contributed by atoms with Crippen LogP contribution in [0.15, 0.2) is 41.0 Å². The third kappa shape index (κ3) is 2.47. The Balaban J connectivity index is 2.45. The number of allylic oxidation sites excluding steroid dienone is 1. The predicted molar refractivity (Wildman–Crippen MR) is 72.1 cm³/mol. The van der Waals surface area contributed by atoms with Crippen molar-refractivity contribution in [1.82, 2.24) is 4.98 Å². The number of nitro groups is 1. The van der Waals surface area contributed by atoms with Gasteiger partial charge in [-0.05, 0) is 24.1 Å². The van der Waals surface area contributed by atoms with Gasteiger partial charge in [-0.3, -0.25) is 15.1 Å². The quantitative estimate of drug-likeness (QED) is 0.661. The van der Waals surface area contributed by atoms with Crippen LogP contribution in [0.3, 0.4) is 0 Å². The molecule has 1 aliphatic heterocycles. The van der Waals surface area contributed by atoms with Gasteiger partial charge in [0.2, 0.25) is 0 Å². The highest BCUT2D eigenvalue weighted by molar-refractivity contribution is 5.76. The largest absolute Gasteiger partial charge is 0.378 e. The highest BCUT2D eigenvalue weighted by Gasteiger charge is 2.38. The second-order valence-electron chi connectivity index (χ2n) is 4.67. The van der Waals surface area contributed by atoms with Crippen LogP contribution in [0.25, 0.3) is 0 Å². The summed E-state index contributed by atoms with van der Waals surface area (Å²) in [4.78, 5) is 18.7. The number of nitrogens with two attached hydrogens (primary N) is 1. The minimum Gasteiger partial charge on any atom is -0.378 e. The van der Waals surface area contributed by atoms with Gasteiger partial charge in [-0.1, -0.05) is 13.3 Å². The van der Waals surface area contributed by atoms with Crippen LogP contribution in [0.4, 0.5) is 0 Å². The summed E-state index contributed by atoms with van der Waals surface area (Å²) >= 11 is 0. The van der Waals surface area contributed by atoms with Gasteiger partial charge in [0.1, 0.15) is 0 Å². The molecule has 0 aliphatic carbocycles. The minimum atomic E-state index is -0.455. The summed E-state index contributed by atoms with van der Waals surface area (Å²) in [6, 6.07) is 3.75. The van der Waals surface area contributed by atoms with Gasteiger partial charge in [0.15, 0.2) is 5.82 Å². The Bertz CT molecular complexity index is 539. The first kappa shape index (κ1) is 13.2. The van der Waals surface area contributed by atoms with E-state index in [1.807, 2.05) is 19.1 Å². The Morgan fingerprint density at radius 3 is 2.74 bits per heavy atom. The van der Waals surface area contributed by atoms with Crippen molar-refractivity contribution in [2.75, 3.05) is 0 Å². The highest BCUT2D eigenvalue weighted by Crippen LogP contribution is 2.37. The fourth-order valence-electron chi connectivity index (χ4n) is 2.46. The second kappa shape index (κ2) is 5.17. The first-order chi connectivity index (χ1) is 9.09. The molecule has 2 heterocycles. The van der Waals surface area contributed by atoms with Gasteiger partial charge in [0.05, 0.1) is 11.3 Å². The number of aromatic nitrogens is 1. The van der Waals surface area contributed by atoms with Crippen LogP contribution in [-0.2, 0) is 5.41 Å². The van der Waals surface area contributed by atoms with Crippen LogP contribution in [0.2, 0.25) is 0 Å². The maximum Gasteiger partial charge on any atom is 0.289 e. The van der Waals surface area contributed by atoms with Gasteiger partial charge in [-0.2, -0.15) is 0 Å². The Hall–Kier alpha value is -2.24. The molecule has 1 unspecified atom stereocenters. The monoisotopic (exact) mass is 260 g/mol. The van der Waals surface area contributed by atoms with Crippen LogP contribution < -0.4 is 5.73 Å². The number of aliphatic imine (C=N–C) groups is 1. The van der Waals surface area contributed by atoms with E-state index in [-0.39, 0.29) is 17.9 Å². The van der Waals surface area contributed by atoms with Crippen LogP contribution in [0.5, 0.6) is 0 Å². The van der Waals surface area contributed by atoms with E-state index in [4.69, 9.17) is 5.73 Å². The average molecular weight is 260 g/mol. The first-order valence-electron chi connectivity index (χ1n) is 6.18. The van der Waals surface area contributed by atoms with Crippen molar-refractivity contribution in [2.24, 2.45) is 10.7 Å². The van der Waals surface area contributed by atoms with E-state index in [0.717, 1.165) is 18.4 Å². The maximum atomic E-state index is 11.1. The molecule has 1 aliphatic rings. The lowest BCUT2D eigenvalue weighted by Gasteiger charge is -2.31. The van der Waals surface area contributed by atoms with Gasteiger partial charge in [-0.25, -0.2) is 4.99 Å². The number of rotatable bonds is 4. The van der Waals surface area contributed by atoms with E-state index in [1.54, 1.807) is 18.6 Å². The number of nitrogens with zero attached hydrogens (tertiary/aromatic N) is 3. The van der Waals surface area contributed by atoms with Crippen molar-refractivity contribution in [1.29, 1.82) is 0 Å². The molecule has 0 radical (unpaired) electrons. The molecule has 1 atom stereocenters. The molecular weight excluding hydrogens is 244 g/mol. The Morgan fingerprint density at radius 1 is 1.47 bits per heavy atom. The molecule has 0 amide bonds. The Morgan fingerprint density at radius 2 is 2.16 bits per heavy atom. The normalized spacial score (nSPS) is 22.6. The summed E-state index contributed by atoms with van der Waals surface area (Å²) in [6.07, 6.45) is 7.08. The Labute approximate surface area is 111 Å². The molecule has 6 nitrogen and oxygen atoms in total. The predicted octanol–water partition coefficient (Wildman–Crippen LogP) is 2.00. The zero-order chi connectivity index (χ0) is 13.9. The average Bonchev–Trinajstić information content (AvgIpc) is 2.42. The van der Waals surface area contributed by atoms with Gasteiger partial charge in [0.25, 0.3) is 5.70 Å². The molecule has 0 aromatic carbocycles. The molecule has 1 aromatic heterocycles. The van der Waals surface area contributed by atoms with Crippen molar-refractivity contribution in [3.63, 3.8) is 0 Å². The smallest absolute Gasteiger partial charge is 0.289 e. The molecule has 0 saturated heterocycles.